The quantitative estimate of drug-likeness (QED) is 0.738. The number of aryl methyl sites for hydroxylation is 1. The van der Waals surface area contributed by atoms with E-state index in [0.29, 0.717) is 5.41 Å². The summed E-state index contributed by atoms with van der Waals surface area (Å²) in [6, 6.07) is 6.65. The molecular weight excluding hydrogens is 208 g/mol. The number of hydrogen-bond donors (Lipinski definition) is 0. The minimum Gasteiger partial charge on any atom is -0.491 e. The van der Waals surface area contributed by atoms with Gasteiger partial charge in [0.15, 0.2) is 0 Å². The van der Waals surface area contributed by atoms with E-state index in [1.165, 1.54) is 11.1 Å². The van der Waals surface area contributed by atoms with Crippen LogP contribution in [0.4, 0.5) is 0 Å². The standard InChI is InChI=1S/C16H26O/c1-7-13-8-14(11-16(4,5)6)10-15(9-13)17-12(2)3/h8-10,12H,7,11H2,1-6H3. The Bertz CT molecular complexity index is 358. The van der Waals surface area contributed by atoms with Crippen LogP contribution in [0.2, 0.25) is 0 Å². The molecule has 0 heterocycles. The molecule has 96 valence electrons. The lowest BCUT2D eigenvalue weighted by atomic mass is 9.87. The molecule has 0 spiro atoms. The molecule has 1 rings (SSSR count). The van der Waals surface area contributed by atoms with E-state index in [9.17, 15) is 0 Å². The molecule has 17 heavy (non-hydrogen) atoms. The molecule has 0 aliphatic heterocycles. The highest BCUT2D eigenvalue weighted by Crippen LogP contribution is 2.25. The van der Waals surface area contributed by atoms with Gasteiger partial charge in [-0.15, -0.1) is 0 Å². The number of benzene rings is 1. The van der Waals surface area contributed by atoms with Crippen molar-refractivity contribution in [3.63, 3.8) is 0 Å². The van der Waals surface area contributed by atoms with Crippen LogP contribution in [0.3, 0.4) is 0 Å². The molecule has 0 unspecified atom stereocenters. The van der Waals surface area contributed by atoms with Gasteiger partial charge in [-0.2, -0.15) is 0 Å². The zero-order valence-corrected chi connectivity index (χ0v) is 12.1. The van der Waals surface area contributed by atoms with Crippen LogP contribution in [0.15, 0.2) is 18.2 Å². The maximum absolute atomic E-state index is 5.81. The fourth-order valence-corrected chi connectivity index (χ4v) is 1.99. The van der Waals surface area contributed by atoms with Crippen LogP contribution in [0.5, 0.6) is 5.75 Å². The van der Waals surface area contributed by atoms with Gasteiger partial charge in [0.1, 0.15) is 5.75 Å². The second-order valence-electron chi connectivity index (χ2n) is 6.24. The number of rotatable bonds is 4. The Labute approximate surface area is 106 Å². The highest BCUT2D eigenvalue weighted by molar-refractivity contribution is 5.35. The zero-order valence-electron chi connectivity index (χ0n) is 12.1. The zero-order chi connectivity index (χ0) is 13.1. The molecular formula is C16H26O. The third-order valence-electron chi connectivity index (χ3n) is 2.54. The van der Waals surface area contributed by atoms with E-state index in [-0.39, 0.29) is 6.10 Å². The fourth-order valence-electron chi connectivity index (χ4n) is 1.99. The second kappa shape index (κ2) is 5.57. The molecule has 0 saturated heterocycles. The van der Waals surface area contributed by atoms with E-state index >= 15 is 0 Å². The van der Waals surface area contributed by atoms with Crippen molar-refractivity contribution < 1.29 is 4.74 Å². The Balaban J connectivity index is 2.97. The molecule has 1 aromatic carbocycles. The summed E-state index contributed by atoms with van der Waals surface area (Å²) in [6.07, 6.45) is 2.39. The van der Waals surface area contributed by atoms with E-state index in [0.717, 1.165) is 18.6 Å². The van der Waals surface area contributed by atoms with Crippen LogP contribution in [0.25, 0.3) is 0 Å². The van der Waals surface area contributed by atoms with Crippen molar-refractivity contribution in [2.45, 2.75) is 60.5 Å². The van der Waals surface area contributed by atoms with Crippen molar-refractivity contribution in [1.82, 2.24) is 0 Å². The van der Waals surface area contributed by atoms with Crippen LogP contribution in [-0.4, -0.2) is 6.10 Å². The smallest absolute Gasteiger partial charge is 0.120 e. The van der Waals surface area contributed by atoms with Gasteiger partial charge in [0.2, 0.25) is 0 Å². The van der Waals surface area contributed by atoms with Crippen LogP contribution < -0.4 is 4.74 Å². The molecule has 0 N–H and O–H groups in total. The van der Waals surface area contributed by atoms with Gasteiger partial charge < -0.3 is 4.74 Å². The average molecular weight is 234 g/mol. The predicted molar refractivity (Wildman–Crippen MR) is 74.7 cm³/mol. The average Bonchev–Trinajstić information content (AvgIpc) is 2.13. The summed E-state index contributed by atoms with van der Waals surface area (Å²) in [7, 11) is 0. The first-order chi connectivity index (χ1) is 7.80. The van der Waals surface area contributed by atoms with E-state index in [4.69, 9.17) is 4.74 Å². The van der Waals surface area contributed by atoms with Crippen molar-refractivity contribution in [2.75, 3.05) is 0 Å². The highest BCUT2D eigenvalue weighted by Gasteiger charge is 2.13. The van der Waals surface area contributed by atoms with Gasteiger partial charge in [0.25, 0.3) is 0 Å². The monoisotopic (exact) mass is 234 g/mol. The minimum atomic E-state index is 0.240. The maximum atomic E-state index is 5.81. The Morgan fingerprint density at radius 3 is 2.12 bits per heavy atom. The molecule has 0 aliphatic rings. The normalized spacial score (nSPS) is 11.9. The van der Waals surface area contributed by atoms with Gasteiger partial charge in [-0.3, -0.25) is 0 Å². The summed E-state index contributed by atoms with van der Waals surface area (Å²) in [5, 5.41) is 0. The molecule has 1 nitrogen and oxygen atoms in total. The maximum Gasteiger partial charge on any atom is 0.120 e. The van der Waals surface area contributed by atoms with Crippen LogP contribution >= 0.6 is 0 Å². The van der Waals surface area contributed by atoms with Crippen molar-refractivity contribution in [2.24, 2.45) is 5.41 Å². The predicted octanol–water partition coefficient (Wildman–Crippen LogP) is 4.62. The van der Waals surface area contributed by atoms with Crippen LogP contribution in [-0.2, 0) is 12.8 Å². The van der Waals surface area contributed by atoms with E-state index in [1.54, 1.807) is 0 Å². The van der Waals surface area contributed by atoms with E-state index in [2.05, 4.69) is 59.7 Å². The first kappa shape index (κ1) is 14.1. The summed E-state index contributed by atoms with van der Waals surface area (Å²) < 4.78 is 5.81. The van der Waals surface area contributed by atoms with Gasteiger partial charge in [0.05, 0.1) is 6.10 Å². The Morgan fingerprint density at radius 1 is 1.06 bits per heavy atom. The molecule has 0 saturated carbocycles. The van der Waals surface area contributed by atoms with Crippen molar-refractivity contribution in [1.29, 1.82) is 0 Å². The SMILES string of the molecule is CCc1cc(CC(C)(C)C)cc(OC(C)C)c1. The van der Waals surface area contributed by atoms with Crippen molar-refractivity contribution in [3.8, 4) is 5.75 Å². The molecule has 0 amide bonds. The lowest BCUT2D eigenvalue weighted by Gasteiger charge is -2.20. The molecule has 0 aromatic heterocycles. The molecule has 1 heteroatoms. The lowest BCUT2D eigenvalue weighted by molar-refractivity contribution is 0.242. The third kappa shape index (κ3) is 5.25. The van der Waals surface area contributed by atoms with Crippen molar-refractivity contribution >= 4 is 0 Å². The Kier molecular flexibility index (Phi) is 4.62. The van der Waals surface area contributed by atoms with Gasteiger partial charge in [-0.1, -0.05) is 33.8 Å². The van der Waals surface area contributed by atoms with E-state index < -0.39 is 0 Å². The van der Waals surface area contributed by atoms with Gasteiger partial charge in [-0.05, 0) is 55.4 Å². The van der Waals surface area contributed by atoms with Gasteiger partial charge in [0, 0.05) is 0 Å². The highest BCUT2D eigenvalue weighted by atomic mass is 16.5. The molecule has 0 fully saturated rings. The summed E-state index contributed by atoms with van der Waals surface area (Å²) in [6.45, 7) is 13.2. The fraction of sp³-hybridized carbons (Fsp3) is 0.625. The summed E-state index contributed by atoms with van der Waals surface area (Å²) >= 11 is 0. The number of hydrogen-bond acceptors (Lipinski definition) is 1. The first-order valence-corrected chi connectivity index (χ1v) is 6.59. The van der Waals surface area contributed by atoms with Crippen LogP contribution in [0, 0.1) is 5.41 Å². The minimum absolute atomic E-state index is 0.240. The molecule has 0 bridgehead atoms. The Hall–Kier alpha value is -0.980. The molecule has 0 radical (unpaired) electrons. The largest absolute Gasteiger partial charge is 0.491 e. The van der Waals surface area contributed by atoms with Gasteiger partial charge in [-0.25, -0.2) is 0 Å². The third-order valence-corrected chi connectivity index (χ3v) is 2.54. The lowest BCUT2D eigenvalue weighted by Crippen LogP contribution is -2.11. The van der Waals surface area contributed by atoms with Crippen LogP contribution in [0.1, 0.15) is 52.7 Å². The van der Waals surface area contributed by atoms with Gasteiger partial charge >= 0.3 is 0 Å². The molecule has 0 atom stereocenters. The number of ether oxygens (including phenoxy) is 1. The van der Waals surface area contributed by atoms with Crippen molar-refractivity contribution in [3.05, 3.63) is 29.3 Å². The second-order valence-corrected chi connectivity index (χ2v) is 6.24. The summed E-state index contributed by atoms with van der Waals surface area (Å²) in [5.41, 5.74) is 3.07. The first-order valence-electron chi connectivity index (χ1n) is 6.59. The molecule has 0 aliphatic carbocycles. The van der Waals surface area contributed by atoms with E-state index in [1.807, 2.05) is 0 Å². The summed E-state index contributed by atoms with van der Waals surface area (Å²) in [5.74, 6) is 1.01. The topological polar surface area (TPSA) is 9.23 Å². The Morgan fingerprint density at radius 2 is 1.65 bits per heavy atom. The molecule has 1 aromatic rings. The summed E-state index contributed by atoms with van der Waals surface area (Å²) in [4.78, 5) is 0.